The number of hydrogen-bond donors (Lipinski definition) is 1. The van der Waals surface area contributed by atoms with Crippen molar-refractivity contribution in [3.63, 3.8) is 0 Å². The molecular weight excluding hydrogens is 442 g/mol. The third kappa shape index (κ3) is 5.08. The van der Waals surface area contributed by atoms with Gasteiger partial charge in [0.1, 0.15) is 17.4 Å². The van der Waals surface area contributed by atoms with Gasteiger partial charge in [-0.05, 0) is 43.2 Å². The molecule has 2 aliphatic heterocycles. The summed E-state index contributed by atoms with van der Waals surface area (Å²) in [6, 6.07) is 3.69. The molecule has 2 fully saturated rings. The summed E-state index contributed by atoms with van der Waals surface area (Å²) in [4.78, 5) is 25.5. The lowest BCUT2D eigenvalue weighted by Crippen LogP contribution is -2.37. The van der Waals surface area contributed by atoms with Gasteiger partial charge in [0.05, 0.1) is 12.4 Å². The largest absolute Gasteiger partial charge is 0.376 e. The van der Waals surface area contributed by atoms with E-state index in [9.17, 15) is 18.0 Å². The quantitative estimate of drug-likeness (QED) is 0.633. The molecule has 31 heavy (non-hydrogen) atoms. The summed E-state index contributed by atoms with van der Waals surface area (Å²) in [5.74, 6) is 0.225. The van der Waals surface area contributed by atoms with Gasteiger partial charge in [-0.3, -0.25) is 4.79 Å². The highest BCUT2D eigenvalue weighted by Crippen LogP contribution is 2.29. The van der Waals surface area contributed by atoms with Crippen molar-refractivity contribution in [2.75, 3.05) is 32.5 Å². The highest BCUT2D eigenvalue weighted by Gasteiger charge is 2.31. The van der Waals surface area contributed by atoms with E-state index in [-0.39, 0.29) is 30.2 Å². The molecule has 2 saturated heterocycles. The first-order valence-electron chi connectivity index (χ1n) is 10.4. The normalized spacial score (nSPS) is 20.9. The molecule has 4 rings (SSSR count). The summed E-state index contributed by atoms with van der Waals surface area (Å²) < 4.78 is 33.4. The van der Waals surface area contributed by atoms with E-state index in [2.05, 4.69) is 10.4 Å². The van der Waals surface area contributed by atoms with Gasteiger partial charge >= 0.3 is 5.69 Å². The van der Waals surface area contributed by atoms with Crippen LogP contribution in [0.5, 0.6) is 0 Å². The first-order valence-corrected chi connectivity index (χ1v) is 13.1. The summed E-state index contributed by atoms with van der Waals surface area (Å²) in [5, 5.41) is 9.94. The average molecular weight is 470 g/mol. The molecule has 12 heteroatoms. The molecule has 0 radical (unpaired) electrons. The van der Waals surface area contributed by atoms with E-state index in [1.165, 1.54) is 26.6 Å². The van der Waals surface area contributed by atoms with Crippen molar-refractivity contribution in [1.29, 1.82) is 0 Å². The number of piperidine rings is 1. The third-order valence-corrected chi connectivity index (χ3v) is 7.88. The van der Waals surface area contributed by atoms with Crippen molar-refractivity contribution in [1.82, 2.24) is 24.0 Å². The smallest absolute Gasteiger partial charge is 0.351 e. The van der Waals surface area contributed by atoms with E-state index < -0.39 is 10.0 Å². The maximum atomic E-state index is 13.1. The molecule has 1 N–H and O–H groups in total. The number of hydrogen-bond acceptors (Lipinski definition) is 7. The Labute approximate surface area is 184 Å². The molecule has 170 valence electrons. The van der Waals surface area contributed by atoms with Gasteiger partial charge in [0.15, 0.2) is 0 Å². The van der Waals surface area contributed by atoms with Crippen LogP contribution in [-0.2, 0) is 26.1 Å². The lowest BCUT2D eigenvalue weighted by atomic mass is 9.97. The number of nitrogens with one attached hydrogen (secondary N) is 1. The lowest BCUT2D eigenvalue weighted by molar-refractivity contribution is -0.122. The molecule has 2 aromatic heterocycles. The van der Waals surface area contributed by atoms with Crippen LogP contribution in [-0.4, -0.2) is 71.6 Å². The van der Waals surface area contributed by atoms with Gasteiger partial charge in [0.2, 0.25) is 15.9 Å². The molecule has 0 aliphatic carbocycles. The van der Waals surface area contributed by atoms with Crippen molar-refractivity contribution in [3.05, 3.63) is 33.8 Å². The fraction of sp³-hybridized carbons (Fsp3) is 0.632. The Morgan fingerprint density at radius 3 is 2.71 bits per heavy atom. The van der Waals surface area contributed by atoms with Crippen molar-refractivity contribution in [2.24, 2.45) is 0 Å². The molecule has 0 saturated carbocycles. The SMILES string of the molecule is CS(=O)(=O)N1CCC(c2nn(CC(=O)NCC3CCCO3)c(=O)n2-c2cccs2)CC1. The zero-order valence-electron chi connectivity index (χ0n) is 17.4. The second kappa shape index (κ2) is 9.23. The van der Waals surface area contributed by atoms with Gasteiger partial charge in [0, 0.05) is 32.2 Å². The number of carbonyl (C=O) groups is 1. The van der Waals surface area contributed by atoms with Gasteiger partial charge in [0.25, 0.3) is 0 Å². The summed E-state index contributed by atoms with van der Waals surface area (Å²) in [7, 11) is -3.24. The van der Waals surface area contributed by atoms with Gasteiger partial charge < -0.3 is 10.1 Å². The highest BCUT2D eigenvalue weighted by molar-refractivity contribution is 7.88. The number of rotatable bonds is 7. The minimum Gasteiger partial charge on any atom is -0.376 e. The molecular formula is C19H27N5O5S2. The Morgan fingerprint density at radius 2 is 2.10 bits per heavy atom. The molecule has 0 aromatic carbocycles. The van der Waals surface area contributed by atoms with E-state index in [1.807, 2.05) is 17.5 Å². The highest BCUT2D eigenvalue weighted by atomic mass is 32.2. The van der Waals surface area contributed by atoms with Crippen LogP contribution in [0.25, 0.3) is 5.00 Å². The zero-order valence-corrected chi connectivity index (χ0v) is 19.0. The maximum Gasteiger partial charge on any atom is 0.351 e. The maximum absolute atomic E-state index is 13.1. The number of thiophene rings is 1. The lowest BCUT2D eigenvalue weighted by Gasteiger charge is -2.29. The minimum atomic E-state index is -3.24. The molecule has 0 spiro atoms. The van der Waals surface area contributed by atoms with Crippen LogP contribution in [0.2, 0.25) is 0 Å². The predicted octanol–water partition coefficient (Wildman–Crippen LogP) is 0.530. The Balaban J connectivity index is 1.53. The number of amides is 1. The summed E-state index contributed by atoms with van der Waals surface area (Å²) in [6.45, 7) is 1.75. The minimum absolute atomic E-state index is 0.0277. The Kier molecular flexibility index (Phi) is 6.60. The van der Waals surface area contributed by atoms with Crippen LogP contribution < -0.4 is 11.0 Å². The topological polar surface area (TPSA) is 116 Å². The molecule has 2 aliphatic rings. The van der Waals surface area contributed by atoms with Crippen LogP contribution in [0, 0.1) is 0 Å². The van der Waals surface area contributed by atoms with E-state index in [0.29, 0.717) is 44.9 Å². The molecule has 1 atom stereocenters. The molecule has 1 unspecified atom stereocenters. The van der Waals surface area contributed by atoms with Gasteiger partial charge in [-0.15, -0.1) is 11.3 Å². The van der Waals surface area contributed by atoms with Crippen molar-refractivity contribution < 1.29 is 17.9 Å². The van der Waals surface area contributed by atoms with Crippen LogP contribution in [0.4, 0.5) is 0 Å². The van der Waals surface area contributed by atoms with E-state index >= 15 is 0 Å². The standard InChI is InChI=1S/C19H27N5O5S2/c1-31(27,28)22-8-6-14(7-9-22)18-21-23(19(26)24(18)17-5-3-11-30-17)13-16(25)20-12-15-4-2-10-29-15/h3,5,11,14-15H,2,4,6-10,12-13H2,1H3,(H,20,25). The molecule has 10 nitrogen and oxygen atoms in total. The molecule has 2 aromatic rings. The Morgan fingerprint density at radius 1 is 1.32 bits per heavy atom. The van der Waals surface area contributed by atoms with Gasteiger partial charge in [-0.25, -0.2) is 26.8 Å². The molecule has 0 bridgehead atoms. The predicted molar refractivity (Wildman–Crippen MR) is 116 cm³/mol. The Bertz CT molecular complexity index is 1060. The van der Waals surface area contributed by atoms with Crippen LogP contribution in [0.3, 0.4) is 0 Å². The van der Waals surface area contributed by atoms with Gasteiger partial charge in [-0.2, -0.15) is 5.10 Å². The fourth-order valence-corrected chi connectivity index (χ4v) is 5.67. The Hall–Kier alpha value is -2.02. The molecule has 4 heterocycles. The van der Waals surface area contributed by atoms with Crippen LogP contribution in [0.15, 0.2) is 22.3 Å². The number of ether oxygens (including phenoxy) is 1. The second-order valence-corrected chi connectivity index (χ2v) is 10.9. The second-order valence-electron chi connectivity index (χ2n) is 7.96. The van der Waals surface area contributed by atoms with Crippen LogP contribution >= 0.6 is 11.3 Å². The summed E-state index contributed by atoms with van der Waals surface area (Å²) in [6.07, 6.45) is 4.29. The number of nitrogens with zero attached hydrogens (tertiary/aromatic N) is 4. The fourth-order valence-electron chi connectivity index (χ4n) is 4.07. The van der Waals surface area contributed by atoms with Crippen molar-refractivity contribution >= 4 is 27.3 Å². The van der Waals surface area contributed by atoms with E-state index in [4.69, 9.17) is 4.74 Å². The summed E-state index contributed by atoms with van der Waals surface area (Å²) >= 11 is 1.42. The summed E-state index contributed by atoms with van der Waals surface area (Å²) in [5.41, 5.74) is -0.366. The number of carbonyl (C=O) groups excluding carboxylic acids is 1. The van der Waals surface area contributed by atoms with Crippen molar-refractivity contribution in [3.8, 4) is 5.00 Å². The molecule has 1 amide bonds. The van der Waals surface area contributed by atoms with Crippen molar-refractivity contribution in [2.45, 2.75) is 44.2 Å². The monoisotopic (exact) mass is 469 g/mol. The number of sulfonamides is 1. The van der Waals surface area contributed by atoms with E-state index in [1.54, 1.807) is 4.57 Å². The number of aromatic nitrogens is 3. The first kappa shape index (κ1) is 22.2. The first-order chi connectivity index (χ1) is 14.8. The average Bonchev–Trinajstić information content (AvgIpc) is 3.48. The van der Waals surface area contributed by atoms with Gasteiger partial charge in [-0.1, -0.05) is 0 Å². The zero-order chi connectivity index (χ0) is 22.0. The van der Waals surface area contributed by atoms with Crippen LogP contribution in [0.1, 0.15) is 37.4 Å². The third-order valence-electron chi connectivity index (χ3n) is 5.72. The van der Waals surface area contributed by atoms with E-state index in [0.717, 1.165) is 17.8 Å².